The Morgan fingerprint density at radius 1 is 1.33 bits per heavy atom. The van der Waals surface area contributed by atoms with E-state index in [0.717, 1.165) is 18.5 Å². The Bertz CT molecular complexity index is 846. The molecule has 1 unspecified atom stereocenters. The van der Waals surface area contributed by atoms with Crippen molar-refractivity contribution in [1.82, 2.24) is 19.5 Å². The van der Waals surface area contributed by atoms with Crippen molar-refractivity contribution in [2.24, 2.45) is 5.41 Å². The molecule has 3 heterocycles. The van der Waals surface area contributed by atoms with Gasteiger partial charge in [0.15, 0.2) is 5.65 Å². The molecular formula is C17H24N4O3. The molecule has 2 aromatic heterocycles. The number of fused-ring (bicyclic) bond motifs is 1. The van der Waals surface area contributed by atoms with Gasteiger partial charge in [0.25, 0.3) is 5.56 Å². The first-order valence-corrected chi connectivity index (χ1v) is 8.27. The third-order valence-corrected chi connectivity index (χ3v) is 5.13. The summed E-state index contributed by atoms with van der Waals surface area (Å²) in [6.45, 7) is 8.39. The Kier molecular flexibility index (Phi) is 3.69. The molecule has 0 aliphatic carbocycles. The third-order valence-electron chi connectivity index (χ3n) is 5.13. The monoisotopic (exact) mass is 332 g/mol. The van der Waals surface area contributed by atoms with E-state index >= 15 is 0 Å². The van der Waals surface area contributed by atoms with Crippen molar-refractivity contribution in [3.05, 3.63) is 33.9 Å². The summed E-state index contributed by atoms with van der Waals surface area (Å²) in [5, 5.41) is 12.9. The number of nitrogens with one attached hydrogen (secondary N) is 1. The molecule has 1 aliphatic heterocycles. The van der Waals surface area contributed by atoms with Crippen LogP contribution in [0.1, 0.15) is 51.4 Å². The Hall–Kier alpha value is -2.31. The summed E-state index contributed by atoms with van der Waals surface area (Å²) in [4.78, 5) is 30.1. The van der Waals surface area contributed by atoms with Crippen molar-refractivity contribution in [3.8, 4) is 0 Å². The molecule has 130 valence electrons. The van der Waals surface area contributed by atoms with E-state index in [-0.39, 0.29) is 11.0 Å². The van der Waals surface area contributed by atoms with Gasteiger partial charge in [-0.15, -0.1) is 0 Å². The van der Waals surface area contributed by atoms with Crippen LogP contribution in [0.3, 0.4) is 0 Å². The molecule has 1 amide bonds. The molecule has 1 saturated heterocycles. The summed E-state index contributed by atoms with van der Waals surface area (Å²) in [5.41, 5.74) is 0.651. The van der Waals surface area contributed by atoms with Crippen LogP contribution in [0.5, 0.6) is 0 Å². The number of carboxylic acid groups (broad SMARTS) is 1. The van der Waals surface area contributed by atoms with Crippen molar-refractivity contribution >= 4 is 11.7 Å². The van der Waals surface area contributed by atoms with Gasteiger partial charge in [-0.25, -0.2) is 14.3 Å². The number of aromatic amines is 1. The van der Waals surface area contributed by atoms with E-state index in [4.69, 9.17) is 0 Å². The van der Waals surface area contributed by atoms with Gasteiger partial charge in [-0.2, -0.15) is 0 Å². The molecular weight excluding hydrogens is 308 g/mol. The molecule has 1 aliphatic rings. The minimum absolute atomic E-state index is 0.189. The quantitative estimate of drug-likeness (QED) is 0.840. The topological polar surface area (TPSA) is 90.7 Å². The van der Waals surface area contributed by atoms with Crippen LogP contribution >= 0.6 is 0 Å². The number of H-pyrrole nitrogens is 1. The first-order valence-electron chi connectivity index (χ1n) is 8.27. The molecule has 7 nitrogen and oxygen atoms in total. The fourth-order valence-electron chi connectivity index (χ4n) is 4.02. The van der Waals surface area contributed by atoms with Crippen LogP contribution in [0.15, 0.2) is 16.9 Å². The van der Waals surface area contributed by atoms with E-state index in [9.17, 15) is 14.7 Å². The normalized spacial score (nSPS) is 22.1. The minimum atomic E-state index is -0.931. The standard InChI is InChI=1S/C17H24N4O3/c1-11-9-14(22)21-13(18-11)10-12(19-21)17(16(2,3)4)7-5-6-8-20(17)15(23)24/h9-10,19H,5-8H2,1-4H3,(H,23,24). The SMILES string of the molecule is Cc1cc(=O)n2[nH]c(C3(C(C)(C)C)CCCCN3C(=O)O)cc2n1. The summed E-state index contributed by atoms with van der Waals surface area (Å²) < 4.78 is 1.39. The van der Waals surface area contributed by atoms with Gasteiger partial charge in [-0.1, -0.05) is 20.8 Å². The smallest absolute Gasteiger partial charge is 0.408 e. The Balaban J connectivity index is 2.29. The zero-order valence-corrected chi connectivity index (χ0v) is 14.6. The van der Waals surface area contributed by atoms with Gasteiger partial charge in [-0.05, 0) is 31.6 Å². The fourth-order valence-corrected chi connectivity index (χ4v) is 4.02. The lowest BCUT2D eigenvalue weighted by Gasteiger charge is -2.53. The number of nitrogens with zero attached hydrogens (tertiary/aromatic N) is 3. The van der Waals surface area contributed by atoms with Crippen molar-refractivity contribution < 1.29 is 9.90 Å². The predicted molar refractivity (Wildman–Crippen MR) is 90.3 cm³/mol. The Labute approximate surface area is 140 Å². The van der Waals surface area contributed by atoms with Crippen LogP contribution in [0.2, 0.25) is 0 Å². The molecule has 7 heteroatoms. The van der Waals surface area contributed by atoms with Gasteiger partial charge >= 0.3 is 6.09 Å². The van der Waals surface area contributed by atoms with Gasteiger partial charge < -0.3 is 5.11 Å². The van der Waals surface area contributed by atoms with Crippen molar-refractivity contribution in [3.63, 3.8) is 0 Å². The average molecular weight is 332 g/mol. The number of piperidine rings is 1. The molecule has 0 radical (unpaired) electrons. The van der Waals surface area contributed by atoms with Crippen LogP contribution in [0.25, 0.3) is 5.65 Å². The first kappa shape index (κ1) is 16.5. The second-order valence-electron chi connectivity index (χ2n) is 7.60. The van der Waals surface area contributed by atoms with Gasteiger partial charge in [0.1, 0.15) is 0 Å². The van der Waals surface area contributed by atoms with E-state index < -0.39 is 11.6 Å². The number of carbonyl (C=O) groups is 1. The first-order chi connectivity index (χ1) is 11.2. The number of rotatable bonds is 1. The maximum atomic E-state index is 12.2. The van der Waals surface area contributed by atoms with Crippen LogP contribution in [0.4, 0.5) is 4.79 Å². The molecule has 0 bridgehead atoms. The second-order valence-corrected chi connectivity index (χ2v) is 7.60. The number of likely N-dealkylation sites (tertiary alicyclic amines) is 1. The fraction of sp³-hybridized carbons (Fsp3) is 0.588. The third kappa shape index (κ3) is 2.30. The molecule has 24 heavy (non-hydrogen) atoms. The van der Waals surface area contributed by atoms with Crippen LogP contribution in [0, 0.1) is 12.3 Å². The zero-order chi connectivity index (χ0) is 17.7. The van der Waals surface area contributed by atoms with Crippen molar-refractivity contribution in [2.45, 2.75) is 52.5 Å². The van der Waals surface area contributed by atoms with E-state index in [2.05, 4.69) is 10.1 Å². The number of hydrogen-bond acceptors (Lipinski definition) is 3. The lowest BCUT2D eigenvalue weighted by molar-refractivity contribution is -0.0324. The summed E-state index contributed by atoms with van der Waals surface area (Å²) in [6.07, 6.45) is 1.57. The molecule has 0 aromatic carbocycles. The van der Waals surface area contributed by atoms with Gasteiger partial charge in [0.05, 0.1) is 11.2 Å². The van der Waals surface area contributed by atoms with Crippen molar-refractivity contribution in [2.75, 3.05) is 6.54 Å². The largest absolute Gasteiger partial charge is 0.465 e. The summed E-state index contributed by atoms with van der Waals surface area (Å²) in [7, 11) is 0. The Morgan fingerprint density at radius 3 is 2.67 bits per heavy atom. The summed E-state index contributed by atoms with van der Waals surface area (Å²) in [6, 6.07) is 3.29. The number of amides is 1. The lowest BCUT2D eigenvalue weighted by Crippen LogP contribution is -2.59. The predicted octanol–water partition coefficient (Wildman–Crippen LogP) is 2.74. The highest BCUT2D eigenvalue weighted by Gasteiger charge is 2.52. The van der Waals surface area contributed by atoms with Crippen molar-refractivity contribution in [1.29, 1.82) is 0 Å². The zero-order valence-electron chi connectivity index (χ0n) is 14.6. The molecule has 1 fully saturated rings. The highest BCUT2D eigenvalue weighted by atomic mass is 16.4. The second kappa shape index (κ2) is 5.36. The molecule has 2 aromatic rings. The van der Waals surface area contributed by atoms with Crippen LogP contribution in [-0.4, -0.2) is 37.2 Å². The highest BCUT2D eigenvalue weighted by molar-refractivity contribution is 5.67. The van der Waals surface area contributed by atoms with E-state index in [1.807, 2.05) is 26.8 Å². The highest BCUT2D eigenvalue weighted by Crippen LogP contribution is 2.49. The number of hydrogen-bond donors (Lipinski definition) is 2. The summed E-state index contributed by atoms with van der Waals surface area (Å²) in [5.74, 6) is 0. The van der Waals surface area contributed by atoms with Crippen LogP contribution < -0.4 is 5.56 Å². The van der Waals surface area contributed by atoms with E-state index in [1.54, 1.807) is 6.92 Å². The van der Waals surface area contributed by atoms with Gasteiger partial charge in [0.2, 0.25) is 0 Å². The maximum absolute atomic E-state index is 12.2. The Morgan fingerprint density at radius 2 is 2.04 bits per heavy atom. The van der Waals surface area contributed by atoms with E-state index in [0.29, 0.717) is 24.3 Å². The molecule has 1 atom stereocenters. The minimum Gasteiger partial charge on any atom is -0.465 e. The average Bonchev–Trinajstić information content (AvgIpc) is 2.90. The molecule has 0 saturated carbocycles. The maximum Gasteiger partial charge on any atom is 0.408 e. The van der Waals surface area contributed by atoms with Gasteiger partial charge in [-0.3, -0.25) is 14.8 Å². The van der Waals surface area contributed by atoms with E-state index in [1.165, 1.54) is 15.5 Å². The molecule has 0 spiro atoms. The number of aryl methyl sites for hydroxylation is 1. The van der Waals surface area contributed by atoms with Crippen LogP contribution in [-0.2, 0) is 5.54 Å². The lowest BCUT2D eigenvalue weighted by atomic mass is 9.66. The number of aromatic nitrogens is 3. The van der Waals surface area contributed by atoms with Gasteiger partial charge in [0, 0.05) is 24.4 Å². The molecule has 3 rings (SSSR count). The molecule has 2 N–H and O–H groups in total. The summed E-state index contributed by atoms with van der Waals surface area (Å²) >= 11 is 0.